The molecule has 3 N–H and O–H groups in total. The van der Waals surface area contributed by atoms with E-state index in [0.29, 0.717) is 11.4 Å². The first-order chi connectivity index (χ1) is 12.6. The number of hydrogen-bond donors (Lipinski definition) is 3. The van der Waals surface area contributed by atoms with Gasteiger partial charge in [-0.1, -0.05) is 36.3 Å². The van der Waals surface area contributed by atoms with E-state index in [0.717, 1.165) is 10.5 Å². The van der Waals surface area contributed by atoms with Crippen molar-refractivity contribution in [3.63, 3.8) is 0 Å². The number of benzene rings is 2. The molecule has 0 aromatic heterocycles. The van der Waals surface area contributed by atoms with Gasteiger partial charge in [-0.15, -0.1) is 6.42 Å². The summed E-state index contributed by atoms with van der Waals surface area (Å²) in [5, 5.41) is 7.52. The maximum absolute atomic E-state index is 12.4. The molecule has 0 heterocycles. The third-order valence-corrected chi connectivity index (χ3v) is 4.68. The van der Waals surface area contributed by atoms with Crippen molar-refractivity contribution in [2.75, 3.05) is 18.4 Å². The van der Waals surface area contributed by atoms with Gasteiger partial charge in [0.05, 0.1) is 29.6 Å². The van der Waals surface area contributed by atoms with Crippen LogP contribution in [0.25, 0.3) is 0 Å². The Hall–Kier alpha value is -3.11. The molecular formula is C19H19N3O3S. The Morgan fingerprint density at radius 2 is 1.81 bits per heavy atom. The highest BCUT2D eigenvalue weighted by molar-refractivity contribution is 7.84. The van der Waals surface area contributed by atoms with Gasteiger partial charge >= 0.3 is 6.03 Å². The second kappa shape index (κ2) is 10.0. The molecule has 26 heavy (non-hydrogen) atoms. The SMILES string of the molecule is C#CCNC(=O)CNC(=O)Nc1cccc(C[S@@](=O)c2ccccc2)c1. The first-order valence-electron chi connectivity index (χ1n) is 7.86. The lowest BCUT2D eigenvalue weighted by atomic mass is 10.2. The molecule has 0 saturated carbocycles. The van der Waals surface area contributed by atoms with E-state index >= 15 is 0 Å². The molecule has 0 radical (unpaired) electrons. The smallest absolute Gasteiger partial charge is 0.319 e. The van der Waals surface area contributed by atoms with Gasteiger partial charge < -0.3 is 16.0 Å². The van der Waals surface area contributed by atoms with Gasteiger partial charge in [0.15, 0.2) is 0 Å². The summed E-state index contributed by atoms with van der Waals surface area (Å²) in [7, 11) is -1.17. The first-order valence-corrected chi connectivity index (χ1v) is 9.18. The lowest BCUT2D eigenvalue weighted by molar-refractivity contribution is -0.119. The van der Waals surface area contributed by atoms with Crippen molar-refractivity contribution >= 4 is 28.4 Å². The minimum atomic E-state index is -1.17. The summed E-state index contributed by atoms with van der Waals surface area (Å²) >= 11 is 0. The van der Waals surface area contributed by atoms with Crippen molar-refractivity contribution < 1.29 is 13.8 Å². The average Bonchev–Trinajstić information content (AvgIpc) is 2.65. The molecule has 0 unspecified atom stereocenters. The van der Waals surface area contributed by atoms with Crippen LogP contribution < -0.4 is 16.0 Å². The van der Waals surface area contributed by atoms with Crippen LogP contribution >= 0.6 is 0 Å². The molecule has 6 nitrogen and oxygen atoms in total. The molecular weight excluding hydrogens is 350 g/mol. The number of carbonyl (C=O) groups excluding carboxylic acids is 2. The Kier molecular flexibility index (Phi) is 7.40. The number of amides is 3. The Balaban J connectivity index is 1.88. The fourth-order valence-electron chi connectivity index (χ4n) is 2.09. The zero-order valence-electron chi connectivity index (χ0n) is 14.0. The van der Waals surface area contributed by atoms with Crippen LogP contribution in [0.3, 0.4) is 0 Å². The van der Waals surface area contributed by atoms with Crippen LogP contribution in [0.5, 0.6) is 0 Å². The second-order valence-corrected chi connectivity index (χ2v) is 6.74. The van der Waals surface area contributed by atoms with Crippen molar-refractivity contribution in [3.8, 4) is 12.3 Å². The molecule has 0 aliphatic rings. The third kappa shape index (κ3) is 6.42. The fraction of sp³-hybridized carbons (Fsp3) is 0.158. The number of hydrogen-bond acceptors (Lipinski definition) is 3. The summed E-state index contributed by atoms with van der Waals surface area (Å²) in [6.07, 6.45) is 5.03. The van der Waals surface area contributed by atoms with Gasteiger partial charge in [0.2, 0.25) is 5.91 Å². The van der Waals surface area contributed by atoms with Crippen LogP contribution in [-0.2, 0) is 21.3 Å². The summed E-state index contributed by atoms with van der Waals surface area (Å²) in [4.78, 5) is 24.0. The molecule has 2 aromatic rings. The number of carbonyl (C=O) groups is 2. The first kappa shape index (κ1) is 19.2. The van der Waals surface area contributed by atoms with Crippen LogP contribution in [0.1, 0.15) is 5.56 Å². The molecule has 0 aliphatic heterocycles. The third-order valence-electron chi connectivity index (χ3n) is 3.29. The van der Waals surface area contributed by atoms with Crippen LogP contribution in [0, 0.1) is 12.3 Å². The van der Waals surface area contributed by atoms with Crippen molar-refractivity contribution in [2.24, 2.45) is 0 Å². The van der Waals surface area contributed by atoms with Gasteiger partial charge in [-0.3, -0.25) is 9.00 Å². The molecule has 0 bridgehead atoms. The highest BCUT2D eigenvalue weighted by atomic mass is 32.2. The zero-order valence-corrected chi connectivity index (χ0v) is 14.8. The van der Waals surface area contributed by atoms with Gasteiger partial charge in [0, 0.05) is 10.6 Å². The van der Waals surface area contributed by atoms with Gasteiger partial charge in [0.25, 0.3) is 0 Å². The molecule has 0 aliphatic carbocycles. The van der Waals surface area contributed by atoms with Crippen molar-refractivity contribution in [2.45, 2.75) is 10.6 Å². The van der Waals surface area contributed by atoms with Crippen molar-refractivity contribution in [1.29, 1.82) is 0 Å². The van der Waals surface area contributed by atoms with E-state index in [9.17, 15) is 13.8 Å². The number of anilines is 1. The van der Waals surface area contributed by atoms with Crippen LogP contribution in [0.4, 0.5) is 10.5 Å². The molecule has 0 fully saturated rings. The number of terminal acetylenes is 1. The van der Waals surface area contributed by atoms with E-state index in [1.165, 1.54) is 0 Å². The second-order valence-electron chi connectivity index (χ2n) is 5.29. The fourth-order valence-corrected chi connectivity index (χ4v) is 3.20. The van der Waals surface area contributed by atoms with Gasteiger partial charge in [-0.2, -0.15) is 0 Å². The van der Waals surface area contributed by atoms with Crippen LogP contribution in [0.15, 0.2) is 59.5 Å². The normalized spacial score (nSPS) is 11.0. The Morgan fingerprint density at radius 1 is 1.04 bits per heavy atom. The van der Waals surface area contributed by atoms with E-state index in [1.807, 2.05) is 36.4 Å². The molecule has 7 heteroatoms. The predicted octanol–water partition coefficient (Wildman–Crippen LogP) is 1.87. The lowest BCUT2D eigenvalue weighted by Gasteiger charge is -2.09. The number of rotatable bonds is 7. The summed E-state index contributed by atoms with van der Waals surface area (Å²) < 4.78 is 12.4. The van der Waals surface area contributed by atoms with Gasteiger partial charge in [-0.05, 0) is 29.8 Å². The maximum atomic E-state index is 12.4. The van der Waals surface area contributed by atoms with Gasteiger partial charge in [0.1, 0.15) is 0 Å². The van der Waals surface area contributed by atoms with E-state index < -0.39 is 16.8 Å². The number of urea groups is 1. The van der Waals surface area contributed by atoms with E-state index in [4.69, 9.17) is 6.42 Å². The highest BCUT2D eigenvalue weighted by Gasteiger charge is 2.08. The summed E-state index contributed by atoms with van der Waals surface area (Å²) in [5.74, 6) is 2.25. The minimum Gasteiger partial charge on any atom is -0.344 e. The van der Waals surface area contributed by atoms with E-state index in [2.05, 4.69) is 21.9 Å². The molecule has 3 amide bonds. The monoisotopic (exact) mass is 369 g/mol. The van der Waals surface area contributed by atoms with Crippen molar-refractivity contribution in [1.82, 2.24) is 10.6 Å². The number of nitrogens with one attached hydrogen (secondary N) is 3. The maximum Gasteiger partial charge on any atom is 0.319 e. The van der Waals surface area contributed by atoms with Gasteiger partial charge in [-0.25, -0.2) is 4.79 Å². The van der Waals surface area contributed by atoms with E-state index in [-0.39, 0.29) is 19.0 Å². The van der Waals surface area contributed by atoms with Crippen LogP contribution in [-0.4, -0.2) is 29.2 Å². The summed E-state index contributed by atoms with van der Waals surface area (Å²) in [6.45, 7) is -0.0615. The van der Waals surface area contributed by atoms with Crippen molar-refractivity contribution in [3.05, 3.63) is 60.2 Å². The quantitative estimate of drug-likeness (QED) is 0.651. The largest absolute Gasteiger partial charge is 0.344 e. The molecule has 134 valence electrons. The standard InChI is InChI=1S/C19H19N3O3S/c1-2-11-20-18(23)13-21-19(24)22-16-8-6-7-15(12-16)14-26(25)17-9-4-3-5-10-17/h1,3-10,12H,11,13-14H2,(H,20,23)(H2,21,22,24)/t26-/m1/s1. The molecule has 1 atom stereocenters. The topological polar surface area (TPSA) is 87.3 Å². The molecule has 2 aromatic carbocycles. The molecule has 0 spiro atoms. The lowest BCUT2D eigenvalue weighted by Crippen LogP contribution is -2.39. The zero-order chi connectivity index (χ0) is 18.8. The summed E-state index contributed by atoms with van der Waals surface area (Å²) in [6, 6.07) is 15.8. The highest BCUT2D eigenvalue weighted by Crippen LogP contribution is 2.15. The predicted molar refractivity (Wildman–Crippen MR) is 102 cm³/mol. The average molecular weight is 369 g/mol. The molecule has 0 saturated heterocycles. The van der Waals surface area contributed by atoms with Crippen LogP contribution in [0.2, 0.25) is 0 Å². The molecule has 2 rings (SSSR count). The Morgan fingerprint density at radius 3 is 2.54 bits per heavy atom. The summed E-state index contributed by atoms with van der Waals surface area (Å²) in [5.41, 5.74) is 1.38. The Labute approximate surface area is 154 Å². The Bertz CT molecular complexity index is 831. The van der Waals surface area contributed by atoms with E-state index in [1.54, 1.807) is 18.2 Å². The minimum absolute atomic E-state index is 0.114.